The highest BCUT2D eigenvalue weighted by molar-refractivity contribution is 8.18. The first-order chi connectivity index (χ1) is 12.1. The van der Waals surface area contributed by atoms with E-state index in [2.05, 4.69) is 10.3 Å². The fourth-order valence-electron chi connectivity index (χ4n) is 2.65. The molecule has 0 atom stereocenters. The zero-order valence-corrected chi connectivity index (χ0v) is 14.5. The molecular formula is C18H12N2O3S2. The fraction of sp³-hybridized carbons (Fsp3) is 0.0556. The summed E-state index contributed by atoms with van der Waals surface area (Å²) in [6, 6.07) is 11.5. The van der Waals surface area contributed by atoms with Crippen LogP contribution in [0, 0.1) is 0 Å². The van der Waals surface area contributed by atoms with Crippen molar-refractivity contribution in [3.05, 3.63) is 57.9 Å². The largest absolute Gasteiger partial charge is 0.391 e. The summed E-state index contributed by atoms with van der Waals surface area (Å²) in [4.78, 5) is 29.7. The SMILES string of the molecule is O=C1NC(=O)/C(=C/c2ccc3nccc(-c4ccc(CO)s4)c3c2)S1. The van der Waals surface area contributed by atoms with Gasteiger partial charge in [0.05, 0.1) is 17.0 Å². The topological polar surface area (TPSA) is 79.3 Å². The molecule has 5 nitrogen and oxygen atoms in total. The lowest BCUT2D eigenvalue weighted by Gasteiger charge is -2.05. The Bertz CT molecular complexity index is 1040. The third kappa shape index (κ3) is 3.09. The standard InChI is InChI=1S/C18H12N2O3S2/c21-9-11-2-4-15(24-11)12-5-6-19-14-3-1-10(7-13(12)14)8-16-17(22)20-18(23)25-16/h1-8,21H,9H2,(H,20,22,23)/b16-8-. The van der Waals surface area contributed by atoms with Crippen LogP contribution in [0.1, 0.15) is 10.4 Å². The molecule has 1 aromatic carbocycles. The molecule has 7 heteroatoms. The van der Waals surface area contributed by atoms with E-state index in [1.807, 2.05) is 36.4 Å². The number of aromatic nitrogens is 1. The van der Waals surface area contributed by atoms with Gasteiger partial charge in [0, 0.05) is 26.9 Å². The summed E-state index contributed by atoms with van der Waals surface area (Å²) in [7, 11) is 0. The van der Waals surface area contributed by atoms with Gasteiger partial charge >= 0.3 is 0 Å². The first-order valence-corrected chi connectivity index (χ1v) is 9.11. The van der Waals surface area contributed by atoms with Crippen molar-refractivity contribution >= 4 is 51.2 Å². The highest BCUT2D eigenvalue weighted by Crippen LogP contribution is 2.34. The Morgan fingerprint density at radius 2 is 2.04 bits per heavy atom. The number of hydrogen-bond acceptors (Lipinski definition) is 6. The molecule has 2 N–H and O–H groups in total. The first kappa shape index (κ1) is 16.0. The number of thioether (sulfide) groups is 1. The average Bonchev–Trinajstić information content (AvgIpc) is 3.21. The van der Waals surface area contributed by atoms with Crippen LogP contribution in [0.25, 0.3) is 27.4 Å². The second kappa shape index (κ2) is 6.44. The summed E-state index contributed by atoms with van der Waals surface area (Å²) >= 11 is 2.44. The highest BCUT2D eigenvalue weighted by atomic mass is 32.2. The molecule has 25 heavy (non-hydrogen) atoms. The van der Waals surface area contributed by atoms with Gasteiger partial charge in [-0.25, -0.2) is 0 Å². The van der Waals surface area contributed by atoms with E-state index < -0.39 is 0 Å². The van der Waals surface area contributed by atoms with Gasteiger partial charge in [0.2, 0.25) is 0 Å². The number of nitrogens with one attached hydrogen (secondary N) is 1. The third-order valence-electron chi connectivity index (χ3n) is 3.79. The predicted molar refractivity (Wildman–Crippen MR) is 100 cm³/mol. The molecule has 3 heterocycles. The number of hydrogen-bond donors (Lipinski definition) is 2. The second-order valence-corrected chi connectivity index (χ2v) is 7.59. The molecular weight excluding hydrogens is 356 g/mol. The number of carbonyl (C=O) groups excluding carboxylic acids is 2. The van der Waals surface area contributed by atoms with E-state index in [0.29, 0.717) is 4.91 Å². The van der Waals surface area contributed by atoms with Crippen LogP contribution in [0.2, 0.25) is 0 Å². The highest BCUT2D eigenvalue weighted by Gasteiger charge is 2.24. The van der Waals surface area contributed by atoms with E-state index in [0.717, 1.165) is 43.5 Å². The molecule has 1 aliphatic rings. The number of nitrogens with zero attached hydrogens (tertiary/aromatic N) is 1. The van der Waals surface area contributed by atoms with E-state index >= 15 is 0 Å². The Kier molecular flexibility index (Phi) is 4.12. The summed E-state index contributed by atoms with van der Waals surface area (Å²) in [6.07, 6.45) is 3.46. The van der Waals surface area contributed by atoms with Crippen LogP contribution in [0.15, 0.2) is 47.5 Å². The number of imide groups is 1. The molecule has 2 amide bonds. The smallest absolute Gasteiger partial charge is 0.290 e. The van der Waals surface area contributed by atoms with E-state index in [1.54, 1.807) is 12.3 Å². The maximum Gasteiger partial charge on any atom is 0.290 e. The van der Waals surface area contributed by atoms with Crippen LogP contribution < -0.4 is 5.32 Å². The third-order valence-corrected chi connectivity index (χ3v) is 5.70. The molecule has 1 aliphatic heterocycles. The minimum absolute atomic E-state index is 0.0192. The zero-order valence-electron chi connectivity index (χ0n) is 12.9. The van der Waals surface area contributed by atoms with Crippen molar-refractivity contribution < 1.29 is 14.7 Å². The number of thiophene rings is 1. The summed E-state index contributed by atoms with van der Waals surface area (Å²) in [6.45, 7) is 0.0192. The molecule has 1 saturated heterocycles. The number of amides is 2. The van der Waals surface area contributed by atoms with E-state index in [1.165, 1.54) is 11.3 Å². The van der Waals surface area contributed by atoms with Gasteiger partial charge in [-0.05, 0) is 53.7 Å². The van der Waals surface area contributed by atoms with Crippen LogP contribution in [-0.2, 0) is 11.4 Å². The maximum absolute atomic E-state index is 11.7. The number of rotatable bonds is 3. The van der Waals surface area contributed by atoms with Crippen LogP contribution in [-0.4, -0.2) is 21.2 Å². The fourth-order valence-corrected chi connectivity index (χ4v) is 4.24. The summed E-state index contributed by atoms with van der Waals surface area (Å²) in [5.74, 6) is -0.368. The number of fused-ring (bicyclic) bond motifs is 1. The molecule has 124 valence electrons. The Balaban J connectivity index is 1.82. The lowest BCUT2D eigenvalue weighted by Crippen LogP contribution is -2.17. The molecule has 0 aliphatic carbocycles. The van der Waals surface area contributed by atoms with E-state index in [4.69, 9.17) is 0 Å². The normalized spacial score (nSPS) is 16.0. The van der Waals surface area contributed by atoms with Crippen LogP contribution >= 0.6 is 23.1 Å². The first-order valence-electron chi connectivity index (χ1n) is 7.47. The van der Waals surface area contributed by atoms with Crippen molar-refractivity contribution in [2.24, 2.45) is 0 Å². The Labute approximate surface area is 151 Å². The predicted octanol–water partition coefficient (Wildman–Crippen LogP) is 3.78. The van der Waals surface area contributed by atoms with Crippen molar-refractivity contribution in [1.82, 2.24) is 10.3 Å². The molecule has 4 rings (SSSR count). The quantitative estimate of drug-likeness (QED) is 0.688. The van der Waals surface area contributed by atoms with E-state index in [-0.39, 0.29) is 17.8 Å². The van der Waals surface area contributed by atoms with Crippen molar-refractivity contribution in [3.8, 4) is 10.4 Å². The zero-order chi connectivity index (χ0) is 17.4. The maximum atomic E-state index is 11.7. The van der Waals surface area contributed by atoms with E-state index in [9.17, 15) is 14.7 Å². The van der Waals surface area contributed by atoms with Crippen molar-refractivity contribution in [2.45, 2.75) is 6.61 Å². The Morgan fingerprint density at radius 1 is 1.16 bits per heavy atom. The Morgan fingerprint density at radius 3 is 2.76 bits per heavy atom. The van der Waals surface area contributed by atoms with Crippen molar-refractivity contribution in [2.75, 3.05) is 0 Å². The van der Waals surface area contributed by atoms with Crippen molar-refractivity contribution in [1.29, 1.82) is 0 Å². The molecule has 0 unspecified atom stereocenters. The minimum Gasteiger partial charge on any atom is -0.391 e. The van der Waals surface area contributed by atoms with Crippen LogP contribution in [0.4, 0.5) is 4.79 Å². The summed E-state index contributed by atoms with van der Waals surface area (Å²) < 4.78 is 0. The molecule has 3 aromatic rings. The lowest BCUT2D eigenvalue weighted by molar-refractivity contribution is -0.115. The Hall–Kier alpha value is -2.48. The molecule has 0 bridgehead atoms. The molecule has 2 aromatic heterocycles. The number of pyridine rings is 1. The van der Waals surface area contributed by atoms with Crippen LogP contribution in [0.3, 0.4) is 0 Å². The summed E-state index contributed by atoms with van der Waals surface area (Å²) in [5, 5.41) is 12.1. The summed E-state index contributed by atoms with van der Waals surface area (Å²) in [5.41, 5.74) is 2.70. The molecule has 0 saturated carbocycles. The van der Waals surface area contributed by atoms with Gasteiger partial charge < -0.3 is 5.11 Å². The number of aliphatic hydroxyl groups is 1. The number of benzene rings is 1. The van der Waals surface area contributed by atoms with Crippen molar-refractivity contribution in [3.63, 3.8) is 0 Å². The van der Waals surface area contributed by atoms with Gasteiger partial charge in [-0.1, -0.05) is 6.07 Å². The van der Waals surface area contributed by atoms with Gasteiger partial charge in [-0.3, -0.25) is 19.9 Å². The van der Waals surface area contributed by atoms with Gasteiger partial charge in [0.15, 0.2) is 0 Å². The molecule has 1 fully saturated rings. The van der Waals surface area contributed by atoms with Crippen LogP contribution in [0.5, 0.6) is 0 Å². The lowest BCUT2D eigenvalue weighted by atomic mass is 10.0. The van der Waals surface area contributed by atoms with Gasteiger partial charge in [-0.15, -0.1) is 11.3 Å². The molecule has 0 radical (unpaired) electrons. The van der Waals surface area contributed by atoms with Gasteiger partial charge in [0.1, 0.15) is 0 Å². The number of carbonyl (C=O) groups is 2. The minimum atomic E-state index is -0.368. The second-order valence-electron chi connectivity index (χ2n) is 5.41. The monoisotopic (exact) mass is 368 g/mol. The molecule has 0 spiro atoms. The average molecular weight is 368 g/mol. The number of aliphatic hydroxyl groups excluding tert-OH is 1. The van der Waals surface area contributed by atoms with Gasteiger partial charge in [-0.2, -0.15) is 0 Å². The van der Waals surface area contributed by atoms with Gasteiger partial charge in [0.25, 0.3) is 11.1 Å².